The zero-order valence-corrected chi connectivity index (χ0v) is 19.7. The van der Waals surface area contributed by atoms with Gasteiger partial charge in [-0.25, -0.2) is 15.6 Å². The summed E-state index contributed by atoms with van der Waals surface area (Å²) in [5, 5.41) is 1.36. The van der Waals surface area contributed by atoms with Crippen LogP contribution in [0.2, 0.25) is 0 Å². The molecule has 8 nitrogen and oxygen atoms in total. The quantitative estimate of drug-likeness (QED) is 0.451. The molecule has 8 heteroatoms. The van der Waals surface area contributed by atoms with Crippen molar-refractivity contribution >= 4 is 11.8 Å². The predicted octanol–water partition coefficient (Wildman–Crippen LogP) is 3.79. The molecule has 31 heavy (non-hydrogen) atoms. The Kier molecular flexibility index (Phi) is 9.43. The monoisotopic (exact) mass is 433 g/mol. The summed E-state index contributed by atoms with van der Waals surface area (Å²) in [5.41, 5.74) is 8.56. The van der Waals surface area contributed by atoms with Gasteiger partial charge in [-0.3, -0.25) is 0 Å². The van der Waals surface area contributed by atoms with E-state index in [4.69, 9.17) is 21.1 Å². The van der Waals surface area contributed by atoms with Crippen molar-refractivity contribution in [2.24, 2.45) is 11.6 Å². The third-order valence-electron chi connectivity index (χ3n) is 5.88. The van der Waals surface area contributed by atoms with E-state index in [-0.39, 0.29) is 18.8 Å². The number of rotatable bonds is 9. The van der Waals surface area contributed by atoms with Gasteiger partial charge in [0.1, 0.15) is 12.4 Å². The minimum Gasteiger partial charge on any atom is -0.489 e. The van der Waals surface area contributed by atoms with Crippen LogP contribution in [-0.4, -0.2) is 53.8 Å². The van der Waals surface area contributed by atoms with Crippen molar-refractivity contribution in [1.29, 1.82) is 0 Å². The Balaban J connectivity index is 2.11. The number of hydrogen-bond acceptors (Lipinski definition) is 7. The fourth-order valence-corrected chi connectivity index (χ4v) is 3.73. The van der Waals surface area contributed by atoms with Crippen LogP contribution < -0.4 is 16.3 Å². The van der Waals surface area contributed by atoms with Crippen LogP contribution in [0.4, 0.5) is 4.79 Å². The van der Waals surface area contributed by atoms with Crippen LogP contribution in [0.25, 0.3) is 5.70 Å². The Bertz CT molecular complexity index is 760. The summed E-state index contributed by atoms with van der Waals surface area (Å²) in [7, 11) is 3.39. The van der Waals surface area contributed by atoms with Gasteiger partial charge in [0.05, 0.1) is 28.9 Å². The van der Waals surface area contributed by atoms with Crippen molar-refractivity contribution in [1.82, 2.24) is 14.9 Å². The number of ether oxygens (including phenoxy) is 2. The molecule has 2 rings (SSSR count). The smallest absolute Gasteiger partial charge is 0.410 e. The Morgan fingerprint density at radius 3 is 2.52 bits per heavy atom. The highest BCUT2D eigenvalue weighted by atomic mass is 16.6. The number of pyridine rings is 1. The summed E-state index contributed by atoms with van der Waals surface area (Å²) < 4.78 is 11.6. The van der Waals surface area contributed by atoms with Crippen LogP contribution in [0.5, 0.6) is 5.75 Å². The standard InChI is InChI=1S/C23H39N5O3/c1-6-10-16(2)27(4)23(29)30-15-20(28(5)25)22(24)19-13-14-21(17(3)26-19)31-18-11-8-7-9-12-18/h13-14,16,18H,6-12,15,24-25H2,1-5H3/b22-20-. The molecule has 1 aromatic heterocycles. The van der Waals surface area contributed by atoms with Gasteiger partial charge in [0.2, 0.25) is 0 Å². The zero-order valence-electron chi connectivity index (χ0n) is 19.7. The highest BCUT2D eigenvalue weighted by Gasteiger charge is 2.20. The number of hydrogen-bond donors (Lipinski definition) is 2. The van der Waals surface area contributed by atoms with E-state index in [9.17, 15) is 4.79 Å². The van der Waals surface area contributed by atoms with Crippen LogP contribution in [0.1, 0.15) is 70.2 Å². The van der Waals surface area contributed by atoms with E-state index >= 15 is 0 Å². The fourth-order valence-electron chi connectivity index (χ4n) is 3.73. The lowest BCUT2D eigenvalue weighted by Crippen LogP contribution is -2.37. The summed E-state index contributed by atoms with van der Waals surface area (Å²) in [6.07, 6.45) is 7.62. The molecule has 1 aliphatic rings. The average Bonchev–Trinajstić information content (AvgIpc) is 2.75. The van der Waals surface area contributed by atoms with Crippen molar-refractivity contribution in [2.45, 2.75) is 77.9 Å². The largest absolute Gasteiger partial charge is 0.489 e. The fraction of sp³-hybridized carbons (Fsp3) is 0.652. The summed E-state index contributed by atoms with van der Waals surface area (Å²) in [5.74, 6) is 6.76. The topological polar surface area (TPSA) is 107 Å². The maximum atomic E-state index is 12.4. The highest BCUT2D eigenvalue weighted by molar-refractivity contribution is 5.69. The molecule has 1 aliphatic carbocycles. The number of carbonyl (C=O) groups excluding carboxylic acids is 1. The molecule has 1 aromatic rings. The van der Waals surface area contributed by atoms with Gasteiger partial charge < -0.3 is 25.1 Å². The average molecular weight is 434 g/mol. The van der Waals surface area contributed by atoms with E-state index in [1.54, 1.807) is 19.0 Å². The highest BCUT2D eigenvalue weighted by Crippen LogP contribution is 2.26. The number of amides is 1. The molecule has 1 unspecified atom stereocenters. The lowest BCUT2D eigenvalue weighted by atomic mass is 9.98. The second kappa shape index (κ2) is 11.8. The third-order valence-corrected chi connectivity index (χ3v) is 5.88. The summed E-state index contributed by atoms with van der Waals surface area (Å²) in [6.45, 7) is 5.95. The number of hydrazine groups is 1. The third kappa shape index (κ3) is 7.02. The molecule has 0 bridgehead atoms. The van der Waals surface area contributed by atoms with Gasteiger partial charge in [-0.2, -0.15) is 0 Å². The minimum atomic E-state index is -0.409. The van der Waals surface area contributed by atoms with E-state index in [0.29, 0.717) is 17.1 Å². The van der Waals surface area contributed by atoms with Gasteiger partial charge in [-0.05, 0) is 58.1 Å². The van der Waals surface area contributed by atoms with Crippen LogP contribution in [-0.2, 0) is 4.74 Å². The maximum absolute atomic E-state index is 12.4. The molecule has 174 valence electrons. The molecule has 1 fully saturated rings. The first-order valence-electron chi connectivity index (χ1n) is 11.3. The Hall–Kier alpha value is -2.48. The van der Waals surface area contributed by atoms with Gasteiger partial charge in [0.15, 0.2) is 0 Å². The zero-order chi connectivity index (χ0) is 23.0. The molecular formula is C23H39N5O3. The first-order valence-corrected chi connectivity index (χ1v) is 11.3. The van der Waals surface area contributed by atoms with Gasteiger partial charge in [0, 0.05) is 20.1 Å². The number of aryl methyl sites for hydroxylation is 1. The number of carbonyl (C=O) groups is 1. The first-order chi connectivity index (χ1) is 14.7. The van der Waals surface area contributed by atoms with Crippen LogP contribution in [0, 0.1) is 6.92 Å². The first kappa shape index (κ1) is 24.8. The molecule has 4 N–H and O–H groups in total. The van der Waals surface area contributed by atoms with E-state index in [1.807, 2.05) is 26.0 Å². The molecule has 1 atom stereocenters. The molecule has 1 saturated carbocycles. The van der Waals surface area contributed by atoms with Crippen LogP contribution in [0.15, 0.2) is 17.8 Å². The summed E-state index contributed by atoms with van der Waals surface area (Å²) in [6, 6.07) is 3.82. The van der Waals surface area contributed by atoms with Crippen molar-refractivity contribution in [3.8, 4) is 5.75 Å². The summed E-state index contributed by atoms with van der Waals surface area (Å²) >= 11 is 0. The number of nitrogens with zero attached hydrogens (tertiary/aromatic N) is 3. The Labute approximate surface area is 186 Å². The van der Waals surface area contributed by atoms with Crippen molar-refractivity contribution < 1.29 is 14.3 Å². The minimum absolute atomic E-state index is 0.0398. The molecule has 1 amide bonds. The van der Waals surface area contributed by atoms with Crippen molar-refractivity contribution in [3.05, 3.63) is 29.2 Å². The molecule has 0 saturated heterocycles. The number of aromatic nitrogens is 1. The Morgan fingerprint density at radius 2 is 1.94 bits per heavy atom. The number of likely N-dealkylation sites (N-methyl/N-ethyl adjacent to an activating group) is 1. The van der Waals surface area contributed by atoms with Gasteiger partial charge in [-0.15, -0.1) is 0 Å². The summed E-state index contributed by atoms with van der Waals surface area (Å²) in [4.78, 5) is 18.6. The maximum Gasteiger partial charge on any atom is 0.410 e. The molecule has 0 aromatic carbocycles. The lowest BCUT2D eigenvalue weighted by molar-refractivity contribution is 0.100. The molecule has 0 spiro atoms. The SMILES string of the molecule is CCCC(C)N(C)C(=O)OC/C(=C(/N)c1ccc(OC2CCCCC2)c(C)n1)N(C)N. The second-order valence-electron chi connectivity index (χ2n) is 8.43. The predicted molar refractivity (Wildman–Crippen MR) is 123 cm³/mol. The van der Waals surface area contributed by atoms with Crippen molar-refractivity contribution in [2.75, 3.05) is 20.7 Å². The molecule has 0 aliphatic heterocycles. The molecule has 0 radical (unpaired) electrons. The van der Waals surface area contributed by atoms with Gasteiger partial charge >= 0.3 is 6.09 Å². The molecule has 1 heterocycles. The van der Waals surface area contributed by atoms with Gasteiger partial charge in [0.25, 0.3) is 0 Å². The van der Waals surface area contributed by atoms with E-state index in [0.717, 1.165) is 37.1 Å². The Morgan fingerprint density at radius 1 is 1.26 bits per heavy atom. The second-order valence-corrected chi connectivity index (χ2v) is 8.43. The normalized spacial score (nSPS) is 16.3. The lowest BCUT2D eigenvalue weighted by Gasteiger charge is -2.26. The van der Waals surface area contributed by atoms with E-state index in [2.05, 4.69) is 11.9 Å². The van der Waals surface area contributed by atoms with Crippen molar-refractivity contribution in [3.63, 3.8) is 0 Å². The van der Waals surface area contributed by atoms with Gasteiger partial charge in [-0.1, -0.05) is 19.8 Å². The van der Waals surface area contributed by atoms with E-state index in [1.165, 1.54) is 24.3 Å². The molecular weight excluding hydrogens is 394 g/mol. The van der Waals surface area contributed by atoms with Crippen LogP contribution in [0.3, 0.4) is 0 Å². The van der Waals surface area contributed by atoms with Crippen LogP contribution >= 0.6 is 0 Å². The van der Waals surface area contributed by atoms with E-state index < -0.39 is 6.09 Å². The number of nitrogens with two attached hydrogens (primary N) is 2.